The summed E-state index contributed by atoms with van der Waals surface area (Å²) in [6.45, 7) is 6.33. The summed E-state index contributed by atoms with van der Waals surface area (Å²) in [5, 5.41) is 9.99. The van der Waals surface area contributed by atoms with Gasteiger partial charge in [-0.15, -0.1) is 0 Å². The Balaban J connectivity index is 2.02. The Morgan fingerprint density at radius 1 is 1.29 bits per heavy atom. The molecular weight excluding hydrogens is 218 g/mol. The third-order valence-electron chi connectivity index (χ3n) is 3.70. The van der Waals surface area contributed by atoms with Gasteiger partial charge in [-0.3, -0.25) is 0 Å². The van der Waals surface area contributed by atoms with Crippen molar-refractivity contribution in [3.63, 3.8) is 0 Å². The smallest absolute Gasteiger partial charge is 0.410 e. The number of amides is 1. The van der Waals surface area contributed by atoms with Crippen LogP contribution in [0.15, 0.2) is 0 Å². The Kier molecular flexibility index (Phi) is 3.34. The molecule has 2 fully saturated rings. The molecule has 0 radical (unpaired) electrons. The van der Waals surface area contributed by atoms with Gasteiger partial charge in [-0.1, -0.05) is 0 Å². The molecule has 1 N–H and O–H groups in total. The average Bonchev–Trinajstić information content (AvgIpc) is 2.21. The first-order valence-corrected chi connectivity index (χ1v) is 6.54. The Morgan fingerprint density at radius 2 is 2.00 bits per heavy atom. The third kappa shape index (κ3) is 2.92. The molecule has 4 nitrogen and oxygen atoms in total. The molecule has 1 saturated heterocycles. The van der Waals surface area contributed by atoms with E-state index in [2.05, 4.69) is 0 Å². The van der Waals surface area contributed by atoms with E-state index in [-0.39, 0.29) is 18.2 Å². The standard InChI is InChI=1S/C13H23NO3/c1-13(2,3)17-12(16)14-7-6-9-4-5-11(15)10(14)8-9/h9-11,15H,4-8H2,1-3H3. The molecule has 98 valence electrons. The van der Waals surface area contributed by atoms with E-state index >= 15 is 0 Å². The molecule has 4 heteroatoms. The van der Waals surface area contributed by atoms with Crippen LogP contribution in [0.2, 0.25) is 0 Å². The van der Waals surface area contributed by atoms with Gasteiger partial charge in [0, 0.05) is 6.54 Å². The highest BCUT2D eigenvalue weighted by Crippen LogP contribution is 2.35. The topological polar surface area (TPSA) is 49.8 Å². The lowest BCUT2D eigenvalue weighted by molar-refractivity contribution is -0.0441. The average molecular weight is 241 g/mol. The van der Waals surface area contributed by atoms with E-state index in [0.29, 0.717) is 5.92 Å². The van der Waals surface area contributed by atoms with Crippen LogP contribution in [0.3, 0.4) is 0 Å². The molecule has 1 saturated carbocycles. The molecule has 1 aliphatic heterocycles. The highest BCUT2D eigenvalue weighted by molar-refractivity contribution is 5.68. The maximum atomic E-state index is 12.1. The zero-order chi connectivity index (χ0) is 12.6. The Hall–Kier alpha value is -0.770. The van der Waals surface area contributed by atoms with Gasteiger partial charge in [0.2, 0.25) is 0 Å². The quantitative estimate of drug-likeness (QED) is 0.707. The predicted octanol–water partition coefficient (Wildman–Crippen LogP) is 2.16. The van der Waals surface area contributed by atoms with Crippen molar-refractivity contribution in [1.29, 1.82) is 0 Å². The number of hydrogen-bond donors (Lipinski definition) is 1. The highest BCUT2D eigenvalue weighted by Gasteiger charge is 2.40. The number of carbonyl (C=O) groups is 1. The zero-order valence-electron chi connectivity index (χ0n) is 11.0. The molecule has 0 aromatic heterocycles. The molecule has 1 amide bonds. The summed E-state index contributed by atoms with van der Waals surface area (Å²) in [6, 6.07) is -0.0302. The molecule has 17 heavy (non-hydrogen) atoms. The van der Waals surface area contributed by atoms with Gasteiger partial charge < -0.3 is 14.7 Å². The predicted molar refractivity (Wildman–Crippen MR) is 64.7 cm³/mol. The Bertz CT molecular complexity index is 298. The van der Waals surface area contributed by atoms with Gasteiger partial charge in [-0.05, 0) is 52.4 Å². The maximum Gasteiger partial charge on any atom is 0.410 e. The van der Waals surface area contributed by atoms with Crippen molar-refractivity contribution in [2.24, 2.45) is 5.92 Å². The van der Waals surface area contributed by atoms with Crippen molar-refractivity contribution in [1.82, 2.24) is 4.90 Å². The molecule has 3 unspecified atom stereocenters. The Labute approximate surface area is 103 Å². The van der Waals surface area contributed by atoms with E-state index in [1.807, 2.05) is 20.8 Å². The van der Waals surface area contributed by atoms with Gasteiger partial charge in [0.25, 0.3) is 0 Å². The first-order chi connectivity index (χ1) is 7.87. The van der Waals surface area contributed by atoms with Crippen LogP contribution < -0.4 is 0 Å². The van der Waals surface area contributed by atoms with Gasteiger partial charge in [-0.25, -0.2) is 4.79 Å². The van der Waals surface area contributed by atoms with Crippen LogP contribution in [0.25, 0.3) is 0 Å². The summed E-state index contributed by atoms with van der Waals surface area (Å²) in [5.74, 6) is 0.682. The van der Waals surface area contributed by atoms with Crippen molar-refractivity contribution in [3.05, 3.63) is 0 Å². The molecule has 0 aromatic rings. The summed E-state index contributed by atoms with van der Waals surface area (Å²) in [6.07, 6.45) is 3.23. The lowest BCUT2D eigenvalue weighted by atomic mass is 9.78. The monoisotopic (exact) mass is 241 g/mol. The fourth-order valence-electron chi connectivity index (χ4n) is 2.85. The van der Waals surface area contributed by atoms with Crippen LogP contribution in [-0.4, -0.2) is 40.4 Å². The van der Waals surface area contributed by atoms with Crippen LogP contribution in [0, 0.1) is 5.92 Å². The van der Waals surface area contributed by atoms with E-state index in [1.54, 1.807) is 4.90 Å². The molecule has 0 aromatic carbocycles. The van der Waals surface area contributed by atoms with E-state index in [9.17, 15) is 9.90 Å². The van der Waals surface area contributed by atoms with Crippen molar-refractivity contribution >= 4 is 6.09 Å². The normalized spacial score (nSPS) is 33.4. The van der Waals surface area contributed by atoms with Crippen molar-refractivity contribution in [2.45, 2.75) is 64.2 Å². The lowest BCUT2D eigenvalue weighted by Crippen LogP contribution is -2.55. The number of carbonyl (C=O) groups excluding carboxylic acids is 1. The van der Waals surface area contributed by atoms with Crippen LogP contribution in [-0.2, 0) is 4.74 Å². The van der Waals surface area contributed by atoms with E-state index in [4.69, 9.17) is 4.74 Å². The minimum absolute atomic E-state index is 0.0302. The molecule has 1 aliphatic carbocycles. The summed E-state index contributed by atoms with van der Waals surface area (Å²) < 4.78 is 5.39. The fourth-order valence-corrected chi connectivity index (χ4v) is 2.85. The number of piperidine rings is 1. The molecule has 3 atom stereocenters. The van der Waals surface area contributed by atoms with Crippen LogP contribution >= 0.6 is 0 Å². The number of aliphatic hydroxyl groups is 1. The van der Waals surface area contributed by atoms with Crippen molar-refractivity contribution in [2.75, 3.05) is 6.54 Å². The first kappa shape index (κ1) is 12.7. The number of fused-ring (bicyclic) bond motifs is 2. The number of likely N-dealkylation sites (tertiary alicyclic amines) is 1. The summed E-state index contributed by atoms with van der Waals surface area (Å²) in [7, 11) is 0. The minimum Gasteiger partial charge on any atom is -0.444 e. The van der Waals surface area contributed by atoms with Crippen molar-refractivity contribution in [3.8, 4) is 0 Å². The highest BCUT2D eigenvalue weighted by atomic mass is 16.6. The summed E-state index contributed by atoms with van der Waals surface area (Å²) >= 11 is 0. The number of rotatable bonds is 0. The third-order valence-corrected chi connectivity index (χ3v) is 3.70. The SMILES string of the molecule is CC(C)(C)OC(=O)N1CCC2CCC(O)C1C2. The second-order valence-corrected chi connectivity index (χ2v) is 6.28. The fraction of sp³-hybridized carbons (Fsp3) is 0.923. The van der Waals surface area contributed by atoms with Crippen LogP contribution in [0.5, 0.6) is 0 Å². The van der Waals surface area contributed by atoms with Crippen LogP contribution in [0.1, 0.15) is 46.5 Å². The van der Waals surface area contributed by atoms with E-state index in [1.165, 1.54) is 0 Å². The molecule has 1 heterocycles. The molecule has 0 spiro atoms. The number of nitrogens with zero attached hydrogens (tertiary/aromatic N) is 1. The number of aliphatic hydroxyl groups excluding tert-OH is 1. The number of hydrogen-bond acceptors (Lipinski definition) is 3. The molecule has 2 rings (SSSR count). The van der Waals surface area contributed by atoms with Gasteiger partial charge in [-0.2, -0.15) is 0 Å². The summed E-state index contributed by atoms with van der Waals surface area (Å²) in [5.41, 5.74) is -0.465. The van der Waals surface area contributed by atoms with Gasteiger partial charge in [0.05, 0.1) is 12.1 Å². The first-order valence-electron chi connectivity index (χ1n) is 6.54. The number of ether oxygens (including phenoxy) is 1. The van der Waals surface area contributed by atoms with E-state index < -0.39 is 5.60 Å². The Morgan fingerprint density at radius 3 is 2.65 bits per heavy atom. The van der Waals surface area contributed by atoms with Crippen LogP contribution in [0.4, 0.5) is 4.79 Å². The lowest BCUT2D eigenvalue weighted by Gasteiger charge is -2.45. The largest absolute Gasteiger partial charge is 0.444 e. The molecule has 2 aliphatic rings. The zero-order valence-corrected chi connectivity index (χ0v) is 11.0. The molecule has 2 bridgehead atoms. The minimum atomic E-state index is -0.465. The van der Waals surface area contributed by atoms with Gasteiger partial charge >= 0.3 is 6.09 Å². The second kappa shape index (κ2) is 4.48. The second-order valence-electron chi connectivity index (χ2n) is 6.28. The van der Waals surface area contributed by atoms with Gasteiger partial charge in [0.15, 0.2) is 0 Å². The van der Waals surface area contributed by atoms with Crippen molar-refractivity contribution < 1.29 is 14.6 Å². The van der Waals surface area contributed by atoms with E-state index in [0.717, 1.165) is 32.2 Å². The maximum absolute atomic E-state index is 12.1. The molecular formula is C13H23NO3. The summed E-state index contributed by atoms with van der Waals surface area (Å²) in [4.78, 5) is 13.8. The van der Waals surface area contributed by atoms with Gasteiger partial charge in [0.1, 0.15) is 5.60 Å².